The molecule has 7 heteroatoms. The molecule has 22 heavy (non-hydrogen) atoms. The first-order chi connectivity index (χ1) is 10.8. The fourth-order valence-corrected chi connectivity index (χ4v) is 2.63. The molecule has 3 rings (SSSR count). The molecule has 0 aliphatic carbocycles. The molecule has 0 radical (unpaired) electrons. The van der Waals surface area contributed by atoms with Crippen molar-refractivity contribution in [2.75, 3.05) is 10.7 Å². The monoisotopic (exact) mass is 315 g/mol. The molecule has 0 saturated carbocycles. The maximum atomic E-state index is 12.9. The molecule has 0 aliphatic heterocycles. The Hall–Kier alpha value is -2.51. The molecular weight excluding hydrogens is 301 g/mol. The Balaban J connectivity index is 1.81. The molecule has 2 heterocycles. The van der Waals surface area contributed by atoms with Gasteiger partial charge in [0.2, 0.25) is 0 Å². The van der Waals surface area contributed by atoms with Crippen molar-refractivity contribution in [1.82, 2.24) is 9.97 Å². The smallest absolute Gasteiger partial charge is 0.183 e. The Morgan fingerprint density at radius 1 is 1.14 bits per heavy atom. The molecule has 3 aromatic rings. The van der Waals surface area contributed by atoms with Gasteiger partial charge in [0.15, 0.2) is 11.6 Å². The van der Waals surface area contributed by atoms with E-state index in [9.17, 15) is 4.39 Å². The van der Waals surface area contributed by atoms with Gasteiger partial charge in [-0.15, -0.1) is 11.3 Å². The highest BCUT2D eigenvalue weighted by atomic mass is 32.1. The lowest BCUT2D eigenvalue weighted by Crippen LogP contribution is -2.13. The number of rotatable bonds is 5. The van der Waals surface area contributed by atoms with E-state index in [-0.39, 0.29) is 5.82 Å². The Morgan fingerprint density at radius 2 is 1.95 bits per heavy atom. The highest BCUT2D eigenvalue weighted by Gasteiger charge is 2.08. The lowest BCUT2D eigenvalue weighted by molar-refractivity contribution is 0.627. The molecule has 0 atom stereocenters. The summed E-state index contributed by atoms with van der Waals surface area (Å²) >= 11 is 1.59. The maximum Gasteiger partial charge on any atom is 0.183 e. The van der Waals surface area contributed by atoms with Gasteiger partial charge in [-0.1, -0.05) is 18.2 Å². The van der Waals surface area contributed by atoms with Crippen LogP contribution in [0.3, 0.4) is 0 Å². The second kappa shape index (κ2) is 6.50. The van der Waals surface area contributed by atoms with E-state index in [0.717, 1.165) is 16.1 Å². The topological polar surface area (TPSA) is 75.9 Å². The summed E-state index contributed by atoms with van der Waals surface area (Å²) in [6.45, 7) is 0.498. The van der Waals surface area contributed by atoms with Crippen LogP contribution in [0, 0.1) is 5.82 Å². The summed E-state index contributed by atoms with van der Waals surface area (Å²) in [6.07, 6.45) is 1.67. The number of nitrogens with zero attached hydrogens (tertiary/aromatic N) is 2. The van der Waals surface area contributed by atoms with Crippen LogP contribution < -0.4 is 16.6 Å². The molecule has 0 spiro atoms. The average molecular weight is 315 g/mol. The number of hydrogen-bond acceptors (Lipinski definition) is 6. The lowest BCUT2D eigenvalue weighted by Gasteiger charge is -2.11. The minimum absolute atomic E-state index is 0.257. The van der Waals surface area contributed by atoms with Gasteiger partial charge in [-0.3, -0.25) is 0 Å². The van der Waals surface area contributed by atoms with Gasteiger partial charge in [0.05, 0.1) is 11.1 Å². The SMILES string of the molecule is NNc1ncc(-c2cccs2)nc1NCc1ccc(F)cc1. The predicted octanol–water partition coefficient (Wildman–Crippen LogP) is 3.24. The zero-order valence-corrected chi connectivity index (χ0v) is 12.4. The fourth-order valence-electron chi connectivity index (χ4n) is 1.95. The van der Waals surface area contributed by atoms with E-state index in [0.29, 0.717) is 18.2 Å². The molecule has 5 nitrogen and oxygen atoms in total. The van der Waals surface area contributed by atoms with Gasteiger partial charge in [-0.05, 0) is 29.1 Å². The van der Waals surface area contributed by atoms with Gasteiger partial charge in [0.1, 0.15) is 11.5 Å². The quantitative estimate of drug-likeness (QED) is 0.498. The molecule has 112 valence electrons. The van der Waals surface area contributed by atoms with E-state index < -0.39 is 0 Å². The Labute approximate surface area is 131 Å². The van der Waals surface area contributed by atoms with Crippen molar-refractivity contribution in [3.05, 3.63) is 59.4 Å². The largest absolute Gasteiger partial charge is 0.363 e. The van der Waals surface area contributed by atoms with Crippen molar-refractivity contribution in [3.63, 3.8) is 0 Å². The molecule has 0 saturated heterocycles. The highest BCUT2D eigenvalue weighted by Crippen LogP contribution is 2.26. The molecule has 0 bridgehead atoms. The van der Waals surface area contributed by atoms with Gasteiger partial charge >= 0.3 is 0 Å². The second-order valence-electron chi connectivity index (χ2n) is 4.55. The molecule has 0 fully saturated rings. The van der Waals surface area contributed by atoms with Crippen LogP contribution >= 0.6 is 11.3 Å². The number of anilines is 2. The summed E-state index contributed by atoms with van der Waals surface area (Å²) in [5.74, 6) is 6.23. The van der Waals surface area contributed by atoms with Crippen LogP contribution in [-0.2, 0) is 6.54 Å². The Bertz CT molecular complexity index is 743. The van der Waals surface area contributed by atoms with Crippen LogP contribution in [-0.4, -0.2) is 9.97 Å². The Kier molecular flexibility index (Phi) is 4.27. The van der Waals surface area contributed by atoms with Gasteiger partial charge < -0.3 is 10.7 Å². The Morgan fingerprint density at radius 3 is 2.64 bits per heavy atom. The summed E-state index contributed by atoms with van der Waals surface area (Å²) in [4.78, 5) is 9.83. The van der Waals surface area contributed by atoms with Gasteiger partial charge in [-0.2, -0.15) is 0 Å². The third-order valence-electron chi connectivity index (χ3n) is 3.06. The van der Waals surface area contributed by atoms with E-state index in [4.69, 9.17) is 5.84 Å². The van der Waals surface area contributed by atoms with Crippen molar-refractivity contribution >= 4 is 23.0 Å². The summed E-state index contributed by atoms with van der Waals surface area (Å²) in [6, 6.07) is 10.2. The molecule has 2 aromatic heterocycles. The third-order valence-corrected chi connectivity index (χ3v) is 3.95. The highest BCUT2D eigenvalue weighted by molar-refractivity contribution is 7.13. The summed E-state index contributed by atoms with van der Waals surface area (Å²) in [5.41, 5.74) is 4.23. The molecular formula is C15H14FN5S. The standard InChI is InChI=1S/C15H14FN5S/c16-11-5-3-10(4-6-11)8-18-14-15(21-17)19-9-12(20-14)13-2-1-7-22-13/h1-7,9H,8,17H2,(H,18,20)(H,19,21). The van der Waals surface area contributed by atoms with Crippen molar-refractivity contribution in [2.24, 2.45) is 5.84 Å². The second-order valence-corrected chi connectivity index (χ2v) is 5.50. The minimum Gasteiger partial charge on any atom is -0.363 e. The number of thiophene rings is 1. The van der Waals surface area contributed by atoms with Crippen LogP contribution in [0.15, 0.2) is 48.0 Å². The number of nitrogen functional groups attached to an aromatic ring is 1. The van der Waals surface area contributed by atoms with E-state index in [1.54, 1.807) is 29.7 Å². The molecule has 0 unspecified atom stereocenters. The van der Waals surface area contributed by atoms with E-state index in [1.165, 1.54) is 12.1 Å². The average Bonchev–Trinajstić information content (AvgIpc) is 3.08. The van der Waals surface area contributed by atoms with E-state index in [2.05, 4.69) is 20.7 Å². The summed E-state index contributed by atoms with van der Waals surface area (Å²) in [5, 5.41) is 5.15. The number of aromatic nitrogens is 2. The van der Waals surface area contributed by atoms with Crippen LogP contribution in [0.5, 0.6) is 0 Å². The molecule has 0 aliphatic rings. The van der Waals surface area contributed by atoms with Gasteiger partial charge in [0.25, 0.3) is 0 Å². The number of hydrazine groups is 1. The van der Waals surface area contributed by atoms with Gasteiger partial charge in [0, 0.05) is 6.54 Å². The number of nitrogens with one attached hydrogen (secondary N) is 2. The number of nitrogens with two attached hydrogens (primary N) is 1. The normalized spacial score (nSPS) is 10.5. The summed E-state index contributed by atoms with van der Waals surface area (Å²) in [7, 11) is 0. The van der Waals surface area contributed by atoms with Crippen LogP contribution in [0.25, 0.3) is 10.6 Å². The first kappa shape index (κ1) is 14.4. The number of benzene rings is 1. The lowest BCUT2D eigenvalue weighted by atomic mass is 10.2. The zero-order valence-electron chi connectivity index (χ0n) is 11.6. The fraction of sp³-hybridized carbons (Fsp3) is 0.0667. The molecule has 4 N–H and O–H groups in total. The van der Waals surface area contributed by atoms with Crippen molar-refractivity contribution < 1.29 is 4.39 Å². The summed E-state index contributed by atoms with van der Waals surface area (Å²) < 4.78 is 12.9. The van der Waals surface area contributed by atoms with Crippen LogP contribution in [0.4, 0.5) is 16.0 Å². The molecule has 0 amide bonds. The number of halogens is 1. The third kappa shape index (κ3) is 3.21. The first-order valence-corrected chi connectivity index (χ1v) is 7.50. The van der Waals surface area contributed by atoms with Crippen LogP contribution in [0.1, 0.15) is 5.56 Å². The van der Waals surface area contributed by atoms with Crippen molar-refractivity contribution in [3.8, 4) is 10.6 Å². The van der Waals surface area contributed by atoms with E-state index in [1.807, 2.05) is 17.5 Å². The zero-order chi connectivity index (χ0) is 15.4. The van der Waals surface area contributed by atoms with Crippen molar-refractivity contribution in [1.29, 1.82) is 0 Å². The molecule has 1 aromatic carbocycles. The number of hydrogen-bond donors (Lipinski definition) is 3. The van der Waals surface area contributed by atoms with Crippen LogP contribution in [0.2, 0.25) is 0 Å². The predicted molar refractivity (Wildman–Crippen MR) is 86.9 cm³/mol. The van der Waals surface area contributed by atoms with Gasteiger partial charge in [-0.25, -0.2) is 20.2 Å². The first-order valence-electron chi connectivity index (χ1n) is 6.62. The van der Waals surface area contributed by atoms with E-state index >= 15 is 0 Å². The van der Waals surface area contributed by atoms with Crippen molar-refractivity contribution in [2.45, 2.75) is 6.54 Å². The minimum atomic E-state index is -0.257. The maximum absolute atomic E-state index is 12.9.